The molecule has 6 nitrogen and oxygen atoms in total. The van der Waals surface area contributed by atoms with E-state index in [0.717, 1.165) is 28.2 Å². The normalized spacial score (nSPS) is 10.9. The Kier molecular flexibility index (Phi) is 5.03. The molecule has 0 atom stereocenters. The molecule has 0 unspecified atom stereocenters. The third-order valence-electron chi connectivity index (χ3n) is 4.68. The molecule has 0 amide bonds. The molecule has 29 heavy (non-hydrogen) atoms. The highest BCUT2D eigenvalue weighted by Gasteiger charge is 2.17. The van der Waals surface area contributed by atoms with Gasteiger partial charge in [-0.3, -0.25) is 0 Å². The minimum absolute atomic E-state index is 0.253. The highest BCUT2D eigenvalue weighted by Crippen LogP contribution is 2.41. The fourth-order valence-corrected chi connectivity index (χ4v) is 3.24. The number of fused-ring (bicyclic) bond motifs is 1. The largest absolute Gasteiger partial charge is 0.493 e. The molecular weight excluding hydrogens is 373 g/mol. The Labute approximate surface area is 167 Å². The standard InChI is InChI=1S/C22H20FN3O3/c1-27-19-11-15(12-20(28-2)22(19)29-3)18-13-24-21-9-8-17(25-26(18)21)10-14-4-6-16(23)7-5-14/h4-9,11-13H,10H2,1-3H3. The first-order chi connectivity index (χ1) is 14.1. The van der Waals surface area contributed by atoms with Gasteiger partial charge >= 0.3 is 0 Å². The van der Waals surface area contributed by atoms with Gasteiger partial charge in [0, 0.05) is 12.0 Å². The van der Waals surface area contributed by atoms with E-state index in [0.29, 0.717) is 23.7 Å². The number of benzene rings is 2. The van der Waals surface area contributed by atoms with Crippen LogP contribution in [0.5, 0.6) is 17.2 Å². The molecule has 2 aromatic carbocycles. The summed E-state index contributed by atoms with van der Waals surface area (Å²) in [6.45, 7) is 0. The van der Waals surface area contributed by atoms with Gasteiger partial charge in [-0.1, -0.05) is 12.1 Å². The number of methoxy groups -OCH3 is 3. The number of hydrogen-bond acceptors (Lipinski definition) is 5. The number of nitrogens with zero attached hydrogens (tertiary/aromatic N) is 3. The van der Waals surface area contributed by atoms with E-state index >= 15 is 0 Å². The first-order valence-electron chi connectivity index (χ1n) is 9.01. The average molecular weight is 393 g/mol. The maximum Gasteiger partial charge on any atom is 0.203 e. The lowest BCUT2D eigenvalue weighted by molar-refractivity contribution is 0.324. The molecule has 0 aliphatic carbocycles. The molecule has 0 saturated heterocycles. The number of halogens is 1. The summed E-state index contributed by atoms with van der Waals surface area (Å²) in [5.41, 5.74) is 4.17. The van der Waals surface area contributed by atoms with Crippen molar-refractivity contribution in [2.24, 2.45) is 0 Å². The van der Waals surface area contributed by atoms with Crippen molar-refractivity contribution in [1.29, 1.82) is 0 Å². The van der Waals surface area contributed by atoms with Crippen molar-refractivity contribution in [2.45, 2.75) is 6.42 Å². The van der Waals surface area contributed by atoms with Crippen molar-refractivity contribution in [3.05, 3.63) is 71.8 Å². The van der Waals surface area contributed by atoms with Crippen molar-refractivity contribution in [3.8, 4) is 28.5 Å². The monoisotopic (exact) mass is 393 g/mol. The van der Waals surface area contributed by atoms with Gasteiger partial charge in [0.2, 0.25) is 5.75 Å². The summed E-state index contributed by atoms with van der Waals surface area (Å²) >= 11 is 0. The maximum absolute atomic E-state index is 13.2. The van der Waals surface area contributed by atoms with Gasteiger partial charge in [0.25, 0.3) is 0 Å². The number of aromatic nitrogens is 3. The summed E-state index contributed by atoms with van der Waals surface area (Å²) in [6, 6.07) is 14.0. The van der Waals surface area contributed by atoms with E-state index in [9.17, 15) is 4.39 Å². The summed E-state index contributed by atoms with van der Waals surface area (Å²) in [5, 5.41) is 4.73. The van der Waals surface area contributed by atoms with Gasteiger partial charge in [-0.2, -0.15) is 5.10 Å². The Bertz CT molecular complexity index is 1130. The maximum atomic E-state index is 13.2. The van der Waals surface area contributed by atoms with Crippen molar-refractivity contribution in [2.75, 3.05) is 21.3 Å². The molecular formula is C22H20FN3O3. The topological polar surface area (TPSA) is 57.9 Å². The number of imidazole rings is 1. The molecule has 0 radical (unpaired) electrons. The lowest BCUT2D eigenvalue weighted by Crippen LogP contribution is -2.01. The van der Waals surface area contributed by atoms with Gasteiger partial charge < -0.3 is 14.2 Å². The molecule has 0 aliphatic rings. The zero-order chi connectivity index (χ0) is 20.4. The molecule has 0 aliphatic heterocycles. The third-order valence-corrected chi connectivity index (χ3v) is 4.68. The Balaban J connectivity index is 1.77. The lowest BCUT2D eigenvalue weighted by Gasteiger charge is -2.14. The summed E-state index contributed by atoms with van der Waals surface area (Å²) in [7, 11) is 4.72. The van der Waals surface area contributed by atoms with E-state index in [1.807, 2.05) is 24.3 Å². The average Bonchev–Trinajstić information content (AvgIpc) is 3.17. The second kappa shape index (κ2) is 7.79. The Hall–Kier alpha value is -3.61. The molecule has 7 heteroatoms. The van der Waals surface area contributed by atoms with E-state index in [1.54, 1.807) is 44.2 Å². The van der Waals surface area contributed by atoms with Crippen LogP contribution in [0.3, 0.4) is 0 Å². The van der Waals surface area contributed by atoms with Crippen molar-refractivity contribution in [3.63, 3.8) is 0 Å². The minimum Gasteiger partial charge on any atom is -0.493 e. The molecule has 4 aromatic rings. The predicted molar refractivity (Wildman–Crippen MR) is 107 cm³/mol. The molecule has 0 bridgehead atoms. The van der Waals surface area contributed by atoms with Gasteiger partial charge in [-0.25, -0.2) is 13.9 Å². The summed E-state index contributed by atoms with van der Waals surface area (Å²) in [5.74, 6) is 1.38. The smallest absolute Gasteiger partial charge is 0.203 e. The lowest BCUT2D eigenvalue weighted by atomic mass is 10.1. The van der Waals surface area contributed by atoms with Crippen LogP contribution in [0.1, 0.15) is 11.3 Å². The highest BCUT2D eigenvalue weighted by molar-refractivity contribution is 5.70. The summed E-state index contributed by atoms with van der Waals surface area (Å²) in [4.78, 5) is 4.45. The molecule has 148 valence electrons. The van der Waals surface area contributed by atoms with E-state index in [1.165, 1.54) is 12.1 Å². The van der Waals surface area contributed by atoms with Crippen LogP contribution >= 0.6 is 0 Å². The van der Waals surface area contributed by atoms with Crippen LogP contribution in [0.4, 0.5) is 4.39 Å². The first-order valence-corrected chi connectivity index (χ1v) is 9.01. The molecule has 2 heterocycles. The SMILES string of the molecule is COc1cc(-c2cnc3ccc(Cc4ccc(F)cc4)nn23)cc(OC)c1OC. The van der Waals surface area contributed by atoms with Gasteiger partial charge in [0.05, 0.1) is 38.9 Å². The zero-order valence-electron chi connectivity index (χ0n) is 16.3. The van der Waals surface area contributed by atoms with Gasteiger partial charge in [0.15, 0.2) is 17.1 Å². The van der Waals surface area contributed by atoms with Crippen LogP contribution in [0.25, 0.3) is 16.9 Å². The zero-order valence-corrected chi connectivity index (χ0v) is 16.3. The second-order valence-electron chi connectivity index (χ2n) is 6.46. The molecule has 0 saturated carbocycles. The predicted octanol–water partition coefficient (Wildman–Crippen LogP) is 4.15. The van der Waals surface area contributed by atoms with Gasteiger partial charge in [-0.15, -0.1) is 0 Å². The Morgan fingerprint density at radius 3 is 2.21 bits per heavy atom. The van der Waals surface area contributed by atoms with Gasteiger partial charge in [-0.05, 0) is 42.0 Å². The Morgan fingerprint density at radius 2 is 1.59 bits per heavy atom. The number of ether oxygens (including phenoxy) is 3. The highest BCUT2D eigenvalue weighted by atomic mass is 19.1. The molecule has 2 aromatic heterocycles. The number of hydrogen-bond donors (Lipinski definition) is 0. The Morgan fingerprint density at radius 1 is 0.897 bits per heavy atom. The van der Waals surface area contributed by atoms with Crippen molar-refractivity contribution in [1.82, 2.24) is 14.6 Å². The van der Waals surface area contributed by atoms with Crippen LogP contribution in [0.2, 0.25) is 0 Å². The van der Waals surface area contributed by atoms with E-state index in [2.05, 4.69) is 4.98 Å². The van der Waals surface area contributed by atoms with Crippen LogP contribution < -0.4 is 14.2 Å². The molecule has 0 N–H and O–H groups in total. The van der Waals surface area contributed by atoms with Gasteiger partial charge in [0.1, 0.15) is 5.82 Å². The first kappa shape index (κ1) is 18.7. The van der Waals surface area contributed by atoms with Crippen molar-refractivity contribution >= 4 is 5.65 Å². The number of rotatable bonds is 6. The summed E-state index contributed by atoms with van der Waals surface area (Å²) in [6.07, 6.45) is 2.34. The fourth-order valence-electron chi connectivity index (χ4n) is 3.24. The molecule has 0 spiro atoms. The van der Waals surface area contributed by atoms with Crippen LogP contribution in [0.15, 0.2) is 54.7 Å². The summed E-state index contributed by atoms with van der Waals surface area (Å²) < 4.78 is 31.2. The second-order valence-corrected chi connectivity index (χ2v) is 6.46. The van der Waals surface area contributed by atoms with Crippen LogP contribution in [0, 0.1) is 5.82 Å². The van der Waals surface area contributed by atoms with Crippen molar-refractivity contribution < 1.29 is 18.6 Å². The molecule has 0 fully saturated rings. The molecule has 4 rings (SSSR count). The minimum atomic E-state index is -0.253. The fraction of sp³-hybridized carbons (Fsp3) is 0.182. The third kappa shape index (κ3) is 3.59. The van der Waals surface area contributed by atoms with E-state index in [-0.39, 0.29) is 5.82 Å². The van der Waals surface area contributed by atoms with E-state index in [4.69, 9.17) is 19.3 Å². The van der Waals surface area contributed by atoms with Crippen LogP contribution in [-0.4, -0.2) is 35.9 Å². The van der Waals surface area contributed by atoms with E-state index < -0.39 is 0 Å². The quantitative estimate of drug-likeness (QED) is 0.493. The van der Waals surface area contributed by atoms with Crippen LogP contribution in [-0.2, 0) is 6.42 Å².